The number of aromatic amines is 1. The lowest BCUT2D eigenvalue weighted by Crippen LogP contribution is -1.89. The molecule has 0 aliphatic rings. The summed E-state index contributed by atoms with van der Waals surface area (Å²) in [6.07, 6.45) is 5.58. The van der Waals surface area contributed by atoms with Crippen LogP contribution >= 0.6 is 0 Å². The highest BCUT2D eigenvalue weighted by Crippen LogP contribution is 2.27. The van der Waals surface area contributed by atoms with E-state index < -0.39 is 0 Å². The fourth-order valence-corrected chi connectivity index (χ4v) is 2.90. The summed E-state index contributed by atoms with van der Waals surface area (Å²) in [6, 6.07) is 17.1. The largest absolute Gasteiger partial charge is 0.342 e. The van der Waals surface area contributed by atoms with E-state index in [0.29, 0.717) is 0 Å². The van der Waals surface area contributed by atoms with E-state index in [0.717, 1.165) is 22.8 Å². The Kier molecular flexibility index (Phi) is 3.50. The van der Waals surface area contributed by atoms with E-state index in [1.165, 1.54) is 16.7 Å². The molecular formula is C20H18N4. The van der Waals surface area contributed by atoms with Crippen molar-refractivity contribution < 1.29 is 0 Å². The van der Waals surface area contributed by atoms with Gasteiger partial charge in [0.05, 0.1) is 30.1 Å². The fraction of sp³-hybridized carbons (Fsp3) is 0.100. The number of aryl methyl sites for hydroxylation is 2. The van der Waals surface area contributed by atoms with Crippen LogP contribution in [0.15, 0.2) is 67.3 Å². The molecule has 0 saturated carbocycles. The van der Waals surface area contributed by atoms with Gasteiger partial charge in [-0.3, -0.25) is 0 Å². The summed E-state index contributed by atoms with van der Waals surface area (Å²) < 4.78 is 2.03. The molecule has 0 radical (unpaired) electrons. The van der Waals surface area contributed by atoms with E-state index in [9.17, 15) is 0 Å². The molecule has 0 bridgehead atoms. The van der Waals surface area contributed by atoms with Crippen molar-refractivity contribution in [3.05, 3.63) is 73.1 Å². The van der Waals surface area contributed by atoms with Crippen LogP contribution < -0.4 is 0 Å². The van der Waals surface area contributed by atoms with Gasteiger partial charge in [-0.05, 0) is 29.7 Å². The van der Waals surface area contributed by atoms with E-state index in [-0.39, 0.29) is 0 Å². The predicted molar refractivity (Wildman–Crippen MR) is 96.4 cm³/mol. The van der Waals surface area contributed by atoms with Crippen molar-refractivity contribution in [2.75, 3.05) is 0 Å². The number of rotatable bonds is 3. The molecule has 4 rings (SSSR count). The summed E-state index contributed by atoms with van der Waals surface area (Å²) in [5.74, 6) is 0.929. The first-order valence-corrected chi connectivity index (χ1v) is 7.90. The molecule has 4 aromatic rings. The van der Waals surface area contributed by atoms with Crippen molar-refractivity contribution in [1.29, 1.82) is 0 Å². The van der Waals surface area contributed by atoms with Crippen molar-refractivity contribution in [2.24, 2.45) is 7.05 Å². The maximum absolute atomic E-state index is 4.26. The maximum Gasteiger partial charge on any atom is 0.103 e. The number of hydrogen-bond acceptors (Lipinski definition) is 2. The average molecular weight is 314 g/mol. The molecule has 2 aromatic carbocycles. The van der Waals surface area contributed by atoms with Crippen molar-refractivity contribution >= 4 is 0 Å². The highest BCUT2D eigenvalue weighted by atomic mass is 15.0. The highest BCUT2D eigenvalue weighted by Gasteiger charge is 2.06. The molecule has 4 nitrogen and oxygen atoms in total. The van der Waals surface area contributed by atoms with Gasteiger partial charge in [-0.25, -0.2) is 9.97 Å². The Morgan fingerprint density at radius 1 is 0.875 bits per heavy atom. The fourth-order valence-electron chi connectivity index (χ4n) is 2.90. The van der Waals surface area contributed by atoms with Crippen molar-refractivity contribution in [3.63, 3.8) is 0 Å². The molecule has 0 atom stereocenters. The minimum absolute atomic E-state index is 0.929. The number of hydrogen-bond donors (Lipinski definition) is 1. The number of H-pyrrole nitrogens is 1. The smallest absolute Gasteiger partial charge is 0.103 e. The second kappa shape index (κ2) is 5.81. The summed E-state index contributed by atoms with van der Waals surface area (Å²) in [5, 5.41) is 0. The summed E-state index contributed by atoms with van der Waals surface area (Å²) in [4.78, 5) is 11.7. The van der Waals surface area contributed by atoms with Crippen LogP contribution in [0.2, 0.25) is 0 Å². The number of benzene rings is 2. The second-order valence-corrected chi connectivity index (χ2v) is 5.93. The van der Waals surface area contributed by atoms with E-state index in [2.05, 4.69) is 63.5 Å². The van der Waals surface area contributed by atoms with Crippen molar-refractivity contribution in [2.45, 2.75) is 6.92 Å². The number of imidazole rings is 2. The van der Waals surface area contributed by atoms with E-state index in [1.54, 1.807) is 0 Å². The zero-order chi connectivity index (χ0) is 16.5. The standard InChI is InChI=1S/C20H18N4/c1-14-22-11-19(23-14)16-8-6-15(7-9-16)17-4-3-5-18(10-17)20-12-21-13-24(20)2/h3-13H,1-2H3,(H,22,23). The molecule has 118 valence electrons. The second-order valence-electron chi connectivity index (χ2n) is 5.93. The molecule has 0 saturated heterocycles. The third-order valence-corrected chi connectivity index (χ3v) is 4.21. The Morgan fingerprint density at radius 3 is 2.29 bits per heavy atom. The maximum atomic E-state index is 4.26. The molecule has 0 unspecified atom stereocenters. The van der Waals surface area contributed by atoms with E-state index in [4.69, 9.17) is 0 Å². The molecule has 24 heavy (non-hydrogen) atoms. The van der Waals surface area contributed by atoms with Crippen LogP contribution in [0, 0.1) is 6.92 Å². The summed E-state index contributed by atoms with van der Waals surface area (Å²) in [6.45, 7) is 1.96. The average Bonchev–Trinajstić information content (AvgIpc) is 3.24. The SMILES string of the molecule is Cc1ncc(-c2ccc(-c3cccc(-c4cncn4C)c3)cc2)[nH]1. The summed E-state index contributed by atoms with van der Waals surface area (Å²) >= 11 is 0. The highest BCUT2D eigenvalue weighted by molar-refractivity contribution is 5.73. The van der Waals surface area contributed by atoms with Crippen LogP contribution in [-0.2, 0) is 7.05 Å². The first-order valence-electron chi connectivity index (χ1n) is 7.90. The monoisotopic (exact) mass is 314 g/mol. The van der Waals surface area contributed by atoms with Crippen LogP contribution in [0.25, 0.3) is 33.6 Å². The van der Waals surface area contributed by atoms with Crippen molar-refractivity contribution in [1.82, 2.24) is 19.5 Å². The lowest BCUT2D eigenvalue weighted by atomic mass is 10.0. The Balaban J connectivity index is 1.68. The number of nitrogens with one attached hydrogen (secondary N) is 1. The minimum Gasteiger partial charge on any atom is -0.342 e. The van der Waals surface area contributed by atoms with Crippen LogP contribution in [0.5, 0.6) is 0 Å². The first-order chi connectivity index (χ1) is 11.7. The summed E-state index contributed by atoms with van der Waals surface area (Å²) in [5.41, 5.74) is 6.85. The minimum atomic E-state index is 0.929. The Morgan fingerprint density at radius 2 is 1.62 bits per heavy atom. The van der Waals surface area contributed by atoms with Crippen LogP contribution in [0.1, 0.15) is 5.82 Å². The third kappa shape index (κ3) is 2.63. The molecule has 4 heteroatoms. The quantitative estimate of drug-likeness (QED) is 0.607. The van der Waals surface area contributed by atoms with Gasteiger partial charge < -0.3 is 9.55 Å². The molecule has 2 heterocycles. The Hall–Kier alpha value is -3.14. The van der Waals surface area contributed by atoms with Gasteiger partial charge in [-0.1, -0.05) is 42.5 Å². The molecule has 0 fully saturated rings. The van der Waals surface area contributed by atoms with Gasteiger partial charge in [0.25, 0.3) is 0 Å². The Labute approximate surface area is 140 Å². The molecular weight excluding hydrogens is 296 g/mol. The molecule has 0 amide bonds. The van der Waals surface area contributed by atoms with Crippen LogP contribution in [0.3, 0.4) is 0 Å². The molecule has 0 aliphatic carbocycles. The zero-order valence-electron chi connectivity index (χ0n) is 13.7. The van der Waals surface area contributed by atoms with Gasteiger partial charge in [0.15, 0.2) is 0 Å². The lowest BCUT2D eigenvalue weighted by Gasteiger charge is -2.07. The summed E-state index contributed by atoms with van der Waals surface area (Å²) in [7, 11) is 2.01. The van der Waals surface area contributed by atoms with E-state index >= 15 is 0 Å². The molecule has 1 N–H and O–H groups in total. The van der Waals surface area contributed by atoms with Crippen molar-refractivity contribution in [3.8, 4) is 33.6 Å². The van der Waals surface area contributed by atoms with E-state index in [1.807, 2.05) is 37.3 Å². The normalized spacial score (nSPS) is 10.9. The third-order valence-electron chi connectivity index (χ3n) is 4.21. The molecule has 0 spiro atoms. The molecule has 0 aliphatic heterocycles. The zero-order valence-corrected chi connectivity index (χ0v) is 13.7. The van der Waals surface area contributed by atoms with Gasteiger partial charge >= 0.3 is 0 Å². The van der Waals surface area contributed by atoms with Gasteiger partial charge in [0.2, 0.25) is 0 Å². The van der Waals surface area contributed by atoms with Gasteiger partial charge in [0, 0.05) is 12.6 Å². The van der Waals surface area contributed by atoms with Crippen LogP contribution in [-0.4, -0.2) is 19.5 Å². The number of nitrogens with zero attached hydrogens (tertiary/aromatic N) is 3. The van der Waals surface area contributed by atoms with Gasteiger partial charge in [-0.2, -0.15) is 0 Å². The lowest BCUT2D eigenvalue weighted by molar-refractivity contribution is 0.921. The first kappa shape index (κ1) is 14.5. The topological polar surface area (TPSA) is 46.5 Å². The Bertz CT molecular complexity index is 977. The molecule has 2 aromatic heterocycles. The van der Waals surface area contributed by atoms with Crippen LogP contribution in [0.4, 0.5) is 0 Å². The predicted octanol–water partition coefficient (Wildman–Crippen LogP) is 4.45. The number of aromatic nitrogens is 4. The van der Waals surface area contributed by atoms with Gasteiger partial charge in [0.1, 0.15) is 5.82 Å². The van der Waals surface area contributed by atoms with Gasteiger partial charge in [-0.15, -0.1) is 0 Å².